The quantitative estimate of drug-likeness (QED) is 0.920. The largest absolute Gasteiger partial charge is 0.481 e. The van der Waals surface area contributed by atoms with Crippen LogP contribution >= 0.6 is 0 Å². The smallest absolute Gasteiger partial charge is 0.216 e. The van der Waals surface area contributed by atoms with Gasteiger partial charge in [-0.1, -0.05) is 12.1 Å². The topological polar surface area (TPSA) is 39.1 Å². The molecule has 0 radical (unpaired) electrons. The molecular formula is C16H22FN3O. The molecule has 5 heteroatoms. The summed E-state index contributed by atoms with van der Waals surface area (Å²) in [6, 6.07) is 3.76. The minimum atomic E-state index is -0.122. The van der Waals surface area contributed by atoms with Gasteiger partial charge in [0.25, 0.3) is 0 Å². The highest BCUT2D eigenvalue weighted by Gasteiger charge is 2.13. The third-order valence-electron chi connectivity index (χ3n) is 3.61. The lowest BCUT2D eigenvalue weighted by atomic mass is 10.1. The van der Waals surface area contributed by atoms with Gasteiger partial charge in [0.15, 0.2) is 0 Å². The van der Waals surface area contributed by atoms with E-state index in [1.54, 1.807) is 25.6 Å². The lowest BCUT2D eigenvalue weighted by Gasteiger charge is -2.09. The molecule has 1 aromatic heterocycles. The molecule has 0 fully saturated rings. The molecule has 0 aliphatic carbocycles. The van der Waals surface area contributed by atoms with Crippen LogP contribution in [0.1, 0.15) is 27.9 Å². The summed E-state index contributed by atoms with van der Waals surface area (Å²) in [5.41, 5.74) is 4.44. The number of nitrogens with zero attached hydrogens (tertiary/aromatic N) is 2. The zero-order valence-corrected chi connectivity index (χ0v) is 13.2. The van der Waals surface area contributed by atoms with E-state index in [9.17, 15) is 4.39 Å². The van der Waals surface area contributed by atoms with Crippen molar-refractivity contribution in [2.75, 3.05) is 7.11 Å². The molecule has 2 rings (SSSR count). The molecule has 2 aromatic rings. The molecule has 1 N–H and O–H groups in total. The summed E-state index contributed by atoms with van der Waals surface area (Å²) in [6.45, 7) is 6.89. The van der Waals surface area contributed by atoms with E-state index in [2.05, 4.69) is 10.4 Å². The minimum absolute atomic E-state index is 0.122. The number of nitrogens with one attached hydrogen (secondary N) is 1. The number of rotatable bonds is 5. The monoisotopic (exact) mass is 291 g/mol. The zero-order chi connectivity index (χ0) is 15.6. The van der Waals surface area contributed by atoms with E-state index in [4.69, 9.17) is 4.74 Å². The van der Waals surface area contributed by atoms with Gasteiger partial charge >= 0.3 is 0 Å². The molecule has 0 saturated heterocycles. The number of benzene rings is 1. The Labute approximate surface area is 124 Å². The van der Waals surface area contributed by atoms with Crippen molar-refractivity contribution in [3.63, 3.8) is 0 Å². The van der Waals surface area contributed by atoms with Crippen molar-refractivity contribution in [2.24, 2.45) is 7.05 Å². The van der Waals surface area contributed by atoms with E-state index in [0.717, 1.165) is 22.7 Å². The van der Waals surface area contributed by atoms with Crippen LogP contribution < -0.4 is 10.1 Å². The Morgan fingerprint density at radius 1 is 1.19 bits per heavy atom. The maximum Gasteiger partial charge on any atom is 0.216 e. The first-order valence-electron chi connectivity index (χ1n) is 6.96. The Balaban J connectivity index is 2.05. The van der Waals surface area contributed by atoms with Crippen LogP contribution in [0.15, 0.2) is 12.1 Å². The average molecular weight is 291 g/mol. The van der Waals surface area contributed by atoms with E-state index in [-0.39, 0.29) is 5.82 Å². The van der Waals surface area contributed by atoms with Gasteiger partial charge in [0.2, 0.25) is 5.88 Å². The van der Waals surface area contributed by atoms with Gasteiger partial charge in [-0.3, -0.25) is 0 Å². The molecule has 0 unspecified atom stereocenters. The summed E-state index contributed by atoms with van der Waals surface area (Å²) in [7, 11) is 3.51. The molecule has 1 heterocycles. The molecule has 0 aliphatic rings. The average Bonchev–Trinajstić information content (AvgIpc) is 2.70. The van der Waals surface area contributed by atoms with E-state index in [1.807, 2.05) is 26.1 Å². The van der Waals surface area contributed by atoms with Crippen LogP contribution in [0.4, 0.5) is 4.39 Å². The second kappa shape index (κ2) is 6.26. The van der Waals surface area contributed by atoms with Crippen molar-refractivity contribution in [1.29, 1.82) is 0 Å². The van der Waals surface area contributed by atoms with Crippen LogP contribution in [-0.2, 0) is 20.1 Å². The first-order valence-corrected chi connectivity index (χ1v) is 6.96. The van der Waals surface area contributed by atoms with E-state index in [0.29, 0.717) is 24.2 Å². The molecule has 0 amide bonds. The van der Waals surface area contributed by atoms with Crippen molar-refractivity contribution in [2.45, 2.75) is 33.9 Å². The fourth-order valence-electron chi connectivity index (χ4n) is 2.61. The Morgan fingerprint density at radius 2 is 1.81 bits per heavy atom. The lowest BCUT2D eigenvalue weighted by Crippen LogP contribution is -2.14. The standard InChI is InChI=1S/C16H22FN3O/c1-10-6-13(7-11(2)15(10)17)8-18-9-14-12(3)19-20(4)16(14)21-5/h6-7,18H,8-9H2,1-5H3. The predicted molar refractivity (Wildman–Crippen MR) is 80.9 cm³/mol. The van der Waals surface area contributed by atoms with Gasteiger partial charge in [-0.15, -0.1) is 0 Å². The third kappa shape index (κ3) is 3.24. The number of methoxy groups -OCH3 is 1. The van der Waals surface area contributed by atoms with Gasteiger partial charge in [0.05, 0.1) is 18.4 Å². The summed E-state index contributed by atoms with van der Waals surface area (Å²) >= 11 is 0. The third-order valence-corrected chi connectivity index (χ3v) is 3.61. The Kier molecular flexibility index (Phi) is 4.63. The normalized spacial score (nSPS) is 11.0. The lowest BCUT2D eigenvalue weighted by molar-refractivity contribution is 0.368. The Morgan fingerprint density at radius 3 is 2.38 bits per heavy atom. The van der Waals surface area contributed by atoms with Gasteiger partial charge in [-0.2, -0.15) is 5.10 Å². The first kappa shape index (κ1) is 15.5. The molecular weight excluding hydrogens is 269 g/mol. The maximum absolute atomic E-state index is 13.6. The van der Waals surface area contributed by atoms with Crippen molar-refractivity contribution in [3.8, 4) is 5.88 Å². The zero-order valence-electron chi connectivity index (χ0n) is 13.2. The van der Waals surface area contributed by atoms with Gasteiger partial charge in [-0.05, 0) is 37.5 Å². The summed E-state index contributed by atoms with van der Waals surface area (Å²) < 4.78 is 20.7. The van der Waals surface area contributed by atoms with Crippen LogP contribution in [0.3, 0.4) is 0 Å². The Bertz CT molecular complexity index is 626. The molecule has 1 aromatic carbocycles. The van der Waals surface area contributed by atoms with Gasteiger partial charge in [0, 0.05) is 20.1 Å². The van der Waals surface area contributed by atoms with Gasteiger partial charge in [-0.25, -0.2) is 9.07 Å². The van der Waals surface area contributed by atoms with Crippen LogP contribution in [-0.4, -0.2) is 16.9 Å². The van der Waals surface area contributed by atoms with Crippen molar-refractivity contribution in [3.05, 3.63) is 45.9 Å². The van der Waals surface area contributed by atoms with Crippen LogP contribution in [0.5, 0.6) is 5.88 Å². The highest BCUT2D eigenvalue weighted by atomic mass is 19.1. The van der Waals surface area contributed by atoms with E-state index >= 15 is 0 Å². The number of hydrogen-bond donors (Lipinski definition) is 1. The fourth-order valence-corrected chi connectivity index (χ4v) is 2.61. The number of hydrogen-bond acceptors (Lipinski definition) is 3. The molecule has 114 valence electrons. The van der Waals surface area contributed by atoms with Gasteiger partial charge in [0.1, 0.15) is 5.82 Å². The molecule has 0 atom stereocenters. The molecule has 21 heavy (non-hydrogen) atoms. The van der Waals surface area contributed by atoms with E-state index < -0.39 is 0 Å². The van der Waals surface area contributed by atoms with Crippen molar-refractivity contribution < 1.29 is 9.13 Å². The summed E-state index contributed by atoms with van der Waals surface area (Å²) in [4.78, 5) is 0. The van der Waals surface area contributed by atoms with Crippen molar-refractivity contribution in [1.82, 2.24) is 15.1 Å². The number of halogens is 1. The van der Waals surface area contributed by atoms with Gasteiger partial charge < -0.3 is 10.1 Å². The SMILES string of the molecule is COc1c(CNCc2cc(C)c(F)c(C)c2)c(C)nn1C. The summed E-state index contributed by atoms with van der Waals surface area (Å²) in [6.07, 6.45) is 0. The fraction of sp³-hybridized carbons (Fsp3) is 0.438. The molecule has 4 nitrogen and oxygen atoms in total. The Hall–Kier alpha value is -1.88. The summed E-state index contributed by atoms with van der Waals surface area (Å²) in [5.74, 6) is 0.648. The van der Waals surface area contributed by atoms with E-state index in [1.165, 1.54) is 0 Å². The predicted octanol–water partition coefficient (Wildman–Crippen LogP) is 2.78. The maximum atomic E-state index is 13.6. The van der Waals surface area contributed by atoms with Crippen LogP contribution in [0.2, 0.25) is 0 Å². The minimum Gasteiger partial charge on any atom is -0.481 e. The molecule has 0 aliphatic heterocycles. The molecule has 0 saturated carbocycles. The number of aromatic nitrogens is 2. The molecule has 0 bridgehead atoms. The summed E-state index contributed by atoms with van der Waals surface area (Å²) in [5, 5.41) is 7.71. The van der Waals surface area contributed by atoms with Crippen LogP contribution in [0.25, 0.3) is 0 Å². The second-order valence-electron chi connectivity index (χ2n) is 5.34. The van der Waals surface area contributed by atoms with Crippen molar-refractivity contribution >= 4 is 0 Å². The molecule has 0 spiro atoms. The number of aryl methyl sites for hydroxylation is 4. The second-order valence-corrected chi connectivity index (χ2v) is 5.34. The first-order chi connectivity index (χ1) is 9.93. The number of ether oxygens (including phenoxy) is 1. The highest BCUT2D eigenvalue weighted by molar-refractivity contribution is 5.32. The highest BCUT2D eigenvalue weighted by Crippen LogP contribution is 2.21. The van der Waals surface area contributed by atoms with Crippen LogP contribution in [0, 0.1) is 26.6 Å².